The molecule has 0 nitrogen and oxygen atoms in total. The second-order valence-corrected chi connectivity index (χ2v) is 2.93. The van der Waals surface area contributed by atoms with E-state index in [1.165, 1.54) is 11.1 Å². The summed E-state index contributed by atoms with van der Waals surface area (Å²) < 4.78 is 0. The Hall–Kier alpha value is -1.30. The molecule has 0 aromatic heterocycles. The Morgan fingerprint density at radius 1 is 1.08 bits per heavy atom. The van der Waals surface area contributed by atoms with Crippen LogP contribution < -0.4 is 0 Å². The van der Waals surface area contributed by atoms with E-state index in [4.69, 9.17) is 0 Å². The summed E-state index contributed by atoms with van der Waals surface area (Å²) in [5.74, 6) is 0. The Labute approximate surface area is 80.7 Å². The smallest absolute Gasteiger partial charge is 0.0162 e. The second-order valence-electron chi connectivity index (χ2n) is 2.93. The topological polar surface area (TPSA) is 0 Å². The third-order valence-corrected chi connectivity index (χ3v) is 1.98. The SMILES string of the molecule is C\C=C/C=C1/C=CCC=C/C1=C/C. The predicted octanol–water partition coefficient (Wildman–Crippen LogP) is 3.95. The van der Waals surface area contributed by atoms with Crippen molar-refractivity contribution in [2.75, 3.05) is 0 Å². The molecule has 0 aliphatic heterocycles. The summed E-state index contributed by atoms with van der Waals surface area (Å²) in [6, 6.07) is 0. The lowest BCUT2D eigenvalue weighted by molar-refractivity contribution is 1.41. The molecule has 68 valence electrons. The molecule has 0 aromatic carbocycles. The van der Waals surface area contributed by atoms with Crippen LogP contribution in [0.4, 0.5) is 0 Å². The van der Waals surface area contributed by atoms with Crippen molar-refractivity contribution in [2.45, 2.75) is 20.3 Å². The van der Waals surface area contributed by atoms with E-state index in [1.807, 2.05) is 13.0 Å². The van der Waals surface area contributed by atoms with Gasteiger partial charge in [0.05, 0.1) is 0 Å². The van der Waals surface area contributed by atoms with Gasteiger partial charge in [0.15, 0.2) is 0 Å². The normalized spacial score (nSPS) is 23.2. The third kappa shape index (κ3) is 2.90. The molecule has 1 aliphatic rings. The largest absolute Gasteiger partial charge is 0.0876 e. The first-order chi connectivity index (χ1) is 6.38. The molecule has 0 fully saturated rings. The predicted molar refractivity (Wildman–Crippen MR) is 59.6 cm³/mol. The van der Waals surface area contributed by atoms with E-state index in [-0.39, 0.29) is 0 Å². The Morgan fingerprint density at radius 3 is 2.38 bits per heavy atom. The van der Waals surface area contributed by atoms with Crippen LogP contribution in [0.1, 0.15) is 20.3 Å². The van der Waals surface area contributed by atoms with Crippen LogP contribution in [0.15, 0.2) is 59.8 Å². The number of allylic oxidation sites excluding steroid dienone is 10. The van der Waals surface area contributed by atoms with Crippen molar-refractivity contribution >= 4 is 0 Å². The highest BCUT2D eigenvalue weighted by Gasteiger charge is 1.97. The highest BCUT2D eigenvalue weighted by Crippen LogP contribution is 2.17. The molecule has 0 aromatic rings. The van der Waals surface area contributed by atoms with Gasteiger partial charge in [-0.15, -0.1) is 0 Å². The molecule has 0 saturated carbocycles. The zero-order valence-electron chi connectivity index (χ0n) is 8.33. The molecule has 0 atom stereocenters. The van der Waals surface area contributed by atoms with Crippen LogP contribution >= 0.6 is 0 Å². The fraction of sp³-hybridized carbons (Fsp3) is 0.231. The molecule has 1 aliphatic carbocycles. The summed E-state index contributed by atoms with van der Waals surface area (Å²) in [4.78, 5) is 0. The minimum atomic E-state index is 1.03. The molecule has 0 N–H and O–H groups in total. The molecular weight excluding hydrogens is 156 g/mol. The first-order valence-corrected chi connectivity index (χ1v) is 4.71. The van der Waals surface area contributed by atoms with Crippen LogP contribution in [-0.2, 0) is 0 Å². The summed E-state index contributed by atoms with van der Waals surface area (Å²) in [5.41, 5.74) is 2.58. The number of hydrogen-bond acceptors (Lipinski definition) is 0. The number of rotatable bonds is 1. The summed E-state index contributed by atoms with van der Waals surface area (Å²) in [7, 11) is 0. The first kappa shape index (κ1) is 9.79. The second kappa shape index (κ2) is 5.36. The van der Waals surface area contributed by atoms with Gasteiger partial charge < -0.3 is 0 Å². The zero-order valence-corrected chi connectivity index (χ0v) is 8.33. The quantitative estimate of drug-likeness (QED) is 0.561. The van der Waals surface area contributed by atoms with Crippen LogP contribution in [0.3, 0.4) is 0 Å². The van der Waals surface area contributed by atoms with E-state index in [9.17, 15) is 0 Å². The highest BCUT2D eigenvalue weighted by molar-refractivity contribution is 5.49. The van der Waals surface area contributed by atoms with E-state index >= 15 is 0 Å². The lowest BCUT2D eigenvalue weighted by Gasteiger charge is -1.99. The summed E-state index contributed by atoms with van der Waals surface area (Å²) >= 11 is 0. The van der Waals surface area contributed by atoms with Crippen molar-refractivity contribution in [3.05, 3.63) is 59.8 Å². The fourth-order valence-corrected chi connectivity index (χ4v) is 1.28. The van der Waals surface area contributed by atoms with Gasteiger partial charge in [-0.05, 0) is 31.4 Å². The minimum Gasteiger partial charge on any atom is -0.0876 e. The van der Waals surface area contributed by atoms with E-state index in [1.54, 1.807) is 0 Å². The van der Waals surface area contributed by atoms with Crippen LogP contribution in [0.5, 0.6) is 0 Å². The lowest BCUT2D eigenvalue weighted by atomic mass is 10.1. The highest BCUT2D eigenvalue weighted by atomic mass is 14.0. The third-order valence-electron chi connectivity index (χ3n) is 1.98. The average Bonchev–Trinajstić information content (AvgIpc) is 2.39. The summed E-state index contributed by atoms with van der Waals surface area (Å²) in [5, 5.41) is 0. The molecule has 0 spiro atoms. The van der Waals surface area contributed by atoms with Gasteiger partial charge >= 0.3 is 0 Å². The van der Waals surface area contributed by atoms with Gasteiger partial charge in [-0.3, -0.25) is 0 Å². The summed E-state index contributed by atoms with van der Waals surface area (Å²) in [6.07, 6.45) is 18.1. The van der Waals surface area contributed by atoms with Gasteiger partial charge in [-0.2, -0.15) is 0 Å². The van der Waals surface area contributed by atoms with Crippen LogP contribution in [0.2, 0.25) is 0 Å². The molecule has 0 heteroatoms. The molecule has 1 rings (SSSR count). The molecule has 0 radical (unpaired) electrons. The maximum atomic E-state index is 2.18. The maximum absolute atomic E-state index is 2.18. The van der Waals surface area contributed by atoms with Crippen molar-refractivity contribution in [2.24, 2.45) is 0 Å². The summed E-state index contributed by atoms with van der Waals surface area (Å²) in [6.45, 7) is 4.10. The zero-order chi connectivity index (χ0) is 9.52. The van der Waals surface area contributed by atoms with E-state index in [2.05, 4.69) is 49.5 Å². The first-order valence-electron chi connectivity index (χ1n) is 4.71. The van der Waals surface area contributed by atoms with E-state index in [0.717, 1.165) is 6.42 Å². The van der Waals surface area contributed by atoms with Gasteiger partial charge in [0.1, 0.15) is 0 Å². The Kier molecular flexibility index (Phi) is 4.04. The van der Waals surface area contributed by atoms with Crippen LogP contribution in [0.25, 0.3) is 0 Å². The van der Waals surface area contributed by atoms with Crippen molar-refractivity contribution in [3.63, 3.8) is 0 Å². The van der Waals surface area contributed by atoms with Gasteiger partial charge in [0, 0.05) is 0 Å². The molecule has 0 saturated heterocycles. The Morgan fingerprint density at radius 2 is 1.77 bits per heavy atom. The van der Waals surface area contributed by atoms with Gasteiger partial charge in [-0.1, -0.05) is 48.6 Å². The van der Waals surface area contributed by atoms with Gasteiger partial charge in [-0.25, -0.2) is 0 Å². The monoisotopic (exact) mass is 172 g/mol. The van der Waals surface area contributed by atoms with Crippen LogP contribution in [-0.4, -0.2) is 0 Å². The maximum Gasteiger partial charge on any atom is -0.0162 e. The van der Waals surface area contributed by atoms with Gasteiger partial charge in [0.2, 0.25) is 0 Å². The van der Waals surface area contributed by atoms with E-state index < -0.39 is 0 Å². The van der Waals surface area contributed by atoms with Crippen LogP contribution in [0, 0.1) is 0 Å². The molecule has 0 amide bonds. The van der Waals surface area contributed by atoms with Gasteiger partial charge in [0.25, 0.3) is 0 Å². The minimum absolute atomic E-state index is 1.03. The molecule has 13 heavy (non-hydrogen) atoms. The lowest BCUT2D eigenvalue weighted by Crippen LogP contribution is -1.80. The Bertz CT molecular complexity index is 296. The number of hydrogen-bond donors (Lipinski definition) is 0. The molecular formula is C13H16. The van der Waals surface area contributed by atoms with E-state index in [0.29, 0.717) is 0 Å². The van der Waals surface area contributed by atoms with Crippen molar-refractivity contribution in [3.8, 4) is 0 Å². The van der Waals surface area contributed by atoms with Crippen molar-refractivity contribution in [1.29, 1.82) is 0 Å². The average molecular weight is 172 g/mol. The standard InChI is InChI=1S/C13H16/c1-3-5-9-13-11-8-6-7-10-12(13)4-2/h3-5,7-11H,6H2,1-2H3/b5-3-,12-4-,13-9-. The molecule has 0 heterocycles. The fourth-order valence-electron chi connectivity index (χ4n) is 1.28. The Balaban J connectivity index is 2.97. The molecule has 0 bridgehead atoms. The molecule has 0 unspecified atom stereocenters. The van der Waals surface area contributed by atoms with Crippen molar-refractivity contribution < 1.29 is 0 Å². The van der Waals surface area contributed by atoms with Crippen molar-refractivity contribution in [1.82, 2.24) is 0 Å².